The van der Waals surface area contributed by atoms with Gasteiger partial charge in [0, 0.05) is 17.4 Å². The summed E-state index contributed by atoms with van der Waals surface area (Å²) in [6, 6.07) is 4.29. The van der Waals surface area contributed by atoms with Crippen LogP contribution >= 0.6 is 0 Å². The maximum absolute atomic E-state index is 6.17. The second-order valence-electron chi connectivity index (χ2n) is 4.90. The van der Waals surface area contributed by atoms with Gasteiger partial charge in [-0.25, -0.2) is 0 Å². The first-order chi connectivity index (χ1) is 7.13. The van der Waals surface area contributed by atoms with Crippen molar-refractivity contribution in [2.24, 2.45) is 5.73 Å². The van der Waals surface area contributed by atoms with Crippen LogP contribution in [0, 0.1) is 6.92 Å². The molecule has 1 aliphatic carbocycles. The quantitative estimate of drug-likeness (QED) is 0.819. The van der Waals surface area contributed by atoms with E-state index in [4.69, 9.17) is 5.73 Å². The molecule has 1 aromatic rings. The first-order valence-electron chi connectivity index (χ1n) is 5.84. The molecule has 0 aliphatic heterocycles. The Morgan fingerprint density at radius 2 is 2.20 bits per heavy atom. The van der Waals surface area contributed by atoms with E-state index in [1.807, 2.05) is 13.1 Å². The van der Waals surface area contributed by atoms with Crippen molar-refractivity contribution < 1.29 is 0 Å². The maximum atomic E-state index is 6.17. The summed E-state index contributed by atoms with van der Waals surface area (Å²) in [5, 5.41) is 0. The van der Waals surface area contributed by atoms with Crippen LogP contribution in [0.2, 0.25) is 0 Å². The molecular formula is C13H20N2. The van der Waals surface area contributed by atoms with Gasteiger partial charge in [-0.2, -0.15) is 0 Å². The molecule has 0 spiro atoms. The van der Waals surface area contributed by atoms with E-state index < -0.39 is 0 Å². The summed E-state index contributed by atoms with van der Waals surface area (Å²) in [5.74, 6) is 0.589. The second kappa shape index (κ2) is 3.93. The Morgan fingerprint density at radius 1 is 1.47 bits per heavy atom. The average molecular weight is 204 g/mol. The zero-order chi connectivity index (χ0) is 10.9. The lowest BCUT2D eigenvalue weighted by atomic mass is 9.90. The molecule has 1 aromatic heterocycles. The molecule has 0 bridgehead atoms. The van der Waals surface area contributed by atoms with Crippen LogP contribution in [0.4, 0.5) is 0 Å². The molecule has 1 aliphatic rings. The highest BCUT2D eigenvalue weighted by Gasteiger charge is 2.39. The van der Waals surface area contributed by atoms with E-state index in [-0.39, 0.29) is 5.54 Å². The Morgan fingerprint density at radius 3 is 2.67 bits per heavy atom. The van der Waals surface area contributed by atoms with Crippen LogP contribution < -0.4 is 5.73 Å². The van der Waals surface area contributed by atoms with Crippen LogP contribution in [0.3, 0.4) is 0 Å². The first kappa shape index (κ1) is 10.6. The molecule has 15 heavy (non-hydrogen) atoms. The van der Waals surface area contributed by atoms with Gasteiger partial charge >= 0.3 is 0 Å². The third-order valence-electron chi connectivity index (χ3n) is 3.44. The van der Waals surface area contributed by atoms with Crippen LogP contribution in [-0.4, -0.2) is 10.5 Å². The molecule has 1 fully saturated rings. The monoisotopic (exact) mass is 204 g/mol. The van der Waals surface area contributed by atoms with Crippen LogP contribution in [0.5, 0.6) is 0 Å². The SMILES string of the molecule is CCC(CC1(N)CC1)c1ccc(C)nc1. The number of rotatable bonds is 4. The average Bonchev–Trinajstić information content (AvgIpc) is 2.95. The van der Waals surface area contributed by atoms with E-state index in [2.05, 4.69) is 24.0 Å². The first-order valence-corrected chi connectivity index (χ1v) is 5.84. The summed E-state index contributed by atoms with van der Waals surface area (Å²) in [5.41, 5.74) is 8.75. The summed E-state index contributed by atoms with van der Waals surface area (Å²) >= 11 is 0. The standard InChI is InChI=1S/C13H20N2/c1-3-11(8-13(14)6-7-13)12-5-4-10(2)15-9-12/h4-5,9,11H,3,6-8,14H2,1-2H3. The van der Waals surface area contributed by atoms with E-state index in [1.54, 1.807) is 0 Å². The van der Waals surface area contributed by atoms with Gasteiger partial charge in [-0.05, 0) is 50.2 Å². The van der Waals surface area contributed by atoms with Crippen molar-refractivity contribution >= 4 is 0 Å². The summed E-state index contributed by atoms with van der Waals surface area (Å²) in [4.78, 5) is 4.36. The molecule has 0 radical (unpaired) electrons. The molecule has 1 atom stereocenters. The van der Waals surface area contributed by atoms with E-state index >= 15 is 0 Å². The lowest BCUT2D eigenvalue weighted by Gasteiger charge is -2.19. The molecule has 2 N–H and O–H groups in total. The van der Waals surface area contributed by atoms with Gasteiger partial charge in [-0.15, -0.1) is 0 Å². The summed E-state index contributed by atoms with van der Waals surface area (Å²) in [6.45, 7) is 4.26. The second-order valence-corrected chi connectivity index (χ2v) is 4.90. The molecule has 2 rings (SSSR count). The molecule has 2 nitrogen and oxygen atoms in total. The fraction of sp³-hybridized carbons (Fsp3) is 0.615. The van der Waals surface area contributed by atoms with Crippen molar-refractivity contribution in [1.82, 2.24) is 4.98 Å². The highest BCUT2D eigenvalue weighted by Crippen LogP contribution is 2.41. The zero-order valence-electron chi connectivity index (χ0n) is 9.66. The van der Waals surface area contributed by atoms with E-state index in [0.717, 1.165) is 18.5 Å². The lowest BCUT2D eigenvalue weighted by Crippen LogP contribution is -2.24. The van der Waals surface area contributed by atoms with Crippen molar-refractivity contribution in [1.29, 1.82) is 0 Å². The molecule has 82 valence electrons. The Balaban J connectivity index is 2.08. The Kier molecular flexibility index (Phi) is 2.79. The van der Waals surface area contributed by atoms with Crippen LogP contribution in [0.25, 0.3) is 0 Å². The van der Waals surface area contributed by atoms with Gasteiger partial charge in [0.2, 0.25) is 0 Å². The summed E-state index contributed by atoms with van der Waals surface area (Å²) in [7, 11) is 0. The van der Waals surface area contributed by atoms with Gasteiger partial charge in [-0.3, -0.25) is 4.98 Å². The third kappa shape index (κ3) is 2.57. The molecule has 1 heterocycles. The topological polar surface area (TPSA) is 38.9 Å². The minimum absolute atomic E-state index is 0.144. The molecule has 2 heteroatoms. The molecule has 0 amide bonds. The van der Waals surface area contributed by atoms with Crippen molar-refractivity contribution in [3.8, 4) is 0 Å². The number of aryl methyl sites for hydroxylation is 1. The van der Waals surface area contributed by atoms with E-state index in [9.17, 15) is 0 Å². The van der Waals surface area contributed by atoms with Gasteiger partial charge in [0.1, 0.15) is 0 Å². The minimum atomic E-state index is 0.144. The smallest absolute Gasteiger partial charge is 0.0372 e. The number of nitrogens with two attached hydrogens (primary N) is 1. The predicted molar refractivity (Wildman–Crippen MR) is 62.8 cm³/mol. The highest BCUT2D eigenvalue weighted by molar-refractivity contribution is 5.19. The largest absolute Gasteiger partial charge is 0.325 e. The molecule has 1 saturated carbocycles. The zero-order valence-corrected chi connectivity index (χ0v) is 9.66. The van der Waals surface area contributed by atoms with Crippen LogP contribution in [0.15, 0.2) is 18.3 Å². The van der Waals surface area contributed by atoms with Crippen LogP contribution in [0.1, 0.15) is 49.8 Å². The van der Waals surface area contributed by atoms with Gasteiger partial charge < -0.3 is 5.73 Å². The van der Waals surface area contributed by atoms with E-state index in [1.165, 1.54) is 18.4 Å². The Bertz CT molecular complexity index is 325. The number of aromatic nitrogens is 1. The van der Waals surface area contributed by atoms with Crippen molar-refractivity contribution in [2.45, 2.75) is 51.0 Å². The predicted octanol–water partition coefficient (Wildman–Crippen LogP) is 2.77. The van der Waals surface area contributed by atoms with Crippen molar-refractivity contribution in [3.05, 3.63) is 29.6 Å². The maximum Gasteiger partial charge on any atom is 0.0372 e. The number of hydrogen-bond acceptors (Lipinski definition) is 2. The number of nitrogens with zero attached hydrogens (tertiary/aromatic N) is 1. The Labute approximate surface area is 91.9 Å². The third-order valence-corrected chi connectivity index (χ3v) is 3.44. The fourth-order valence-corrected chi connectivity index (χ4v) is 2.07. The van der Waals surface area contributed by atoms with E-state index in [0.29, 0.717) is 5.92 Å². The normalized spacial score (nSPS) is 19.9. The molecule has 1 unspecified atom stereocenters. The van der Waals surface area contributed by atoms with Crippen LogP contribution in [-0.2, 0) is 0 Å². The van der Waals surface area contributed by atoms with Gasteiger partial charge in [0.15, 0.2) is 0 Å². The minimum Gasteiger partial charge on any atom is -0.325 e. The highest BCUT2D eigenvalue weighted by atomic mass is 14.8. The van der Waals surface area contributed by atoms with Crippen molar-refractivity contribution in [2.75, 3.05) is 0 Å². The Hall–Kier alpha value is -0.890. The van der Waals surface area contributed by atoms with Gasteiger partial charge in [-0.1, -0.05) is 13.0 Å². The fourth-order valence-electron chi connectivity index (χ4n) is 2.07. The summed E-state index contributed by atoms with van der Waals surface area (Å²) < 4.78 is 0. The molecular weight excluding hydrogens is 184 g/mol. The van der Waals surface area contributed by atoms with Crippen molar-refractivity contribution in [3.63, 3.8) is 0 Å². The lowest BCUT2D eigenvalue weighted by molar-refractivity contribution is 0.504. The van der Waals surface area contributed by atoms with Gasteiger partial charge in [0.25, 0.3) is 0 Å². The number of pyridine rings is 1. The number of hydrogen-bond donors (Lipinski definition) is 1. The molecule has 0 saturated heterocycles. The molecule has 0 aromatic carbocycles. The summed E-state index contributed by atoms with van der Waals surface area (Å²) in [6.07, 6.45) is 6.68. The van der Waals surface area contributed by atoms with Gasteiger partial charge in [0.05, 0.1) is 0 Å².